The fourth-order valence-electron chi connectivity index (χ4n) is 3.28. The SMILES string of the molecule is Cc1nc2n(c(=O)c1C(N)=O)C(C)CCC2C(=O)Nc1ccccc1. The first-order valence-corrected chi connectivity index (χ1v) is 8.19. The molecule has 1 aromatic carbocycles. The van der Waals surface area contributed by atoms with Crippen LogP contribution in [0.2, 0.25) is 0 Å². The molecule has 7 heteroatoms. The topological polar surface area (TPSA) is 107 Å². The highest BCUT2D eigenvalue weighted by Crippen LogP contribution is 2.32. The number of para-hydroxylation sites is 1. The molecule has 0 bridgehead atoms. The number of aromatic nitrogens is 2. The number of primary amides is 1. The molecule has 130 valence electrons. The molecule has 0 saturated heterocycles. The van der Waals surface area contributed by atoms with Gasteiger partial charge in [-0.05, 0) is 38.8 Å². The largest absolute Gasteiger partial charge is 0.365 e. The third-order valence-corrected chi connectivity index (χ3v) is 4.55. The van der Waals surface area contributed by atoms with Gasteiger partial charge in [-0.3, -0.25) is 19.0 Å². The second-order valence-electron chi connectivity index (χ2n) is 6.30. The Morgan fingerprint density at radius 3 is 2.56 bits per heavy atom. The molecule has 0 aliphatic carbocycles. The molecule has 1 aromatic heterocycles. The Balaban J connectivity index is 2.04. The highest BCUT2D eigenvalue weighted by molar-refractivity contribution is 5.96. The second-order valence-corrected chi connectivity index (χ2v) is 6.30. The molecule has 25 heavy (non-hydrogen) atoms. The van der Waals surface area contributed by atoms with E-state index in [9.17, 15) is 14.4 Å². The Labute approximate surface area is 144 Å². The number of nitrogens with two attached hydrogens (primary N) is 1. The highest BCUT2D eigenvalue weighted by atomic mass is 16.2. The van der Waals surface area contributed by atoms with E-state index in [1.54, 1.807) is 19.1 Å². The number of hydrogen-bond acceptors (Lipinski definition) is 4. The lowest BCUT2D eigenvalue weighted by Gasteiger charge is -2.30. The minimum Gasteiger partial charge on any atom is -0.365 e. The van der Waals surface area contributed by atoms with Crippen molar-refractivity contribution >= 4 is 17.5 Å². The maximum Gasteiger partial charge on any atom is 0.266 e. The van der Waals surface area contributed by atoms with Crippen molar-refractivity contribution in [3.8, 4) is 0 Å². The first-order valence-electron chi connectivity index (χ1n) is 8.19. The summed E-state index contributed by atoms with van der Waals surface area (Å²) in [5, 5.41) is 2.86. The van der Waals surface area contributed by atoms with Crippen molar-refractivity contribution in [1.82, 2.24) is 9.55 Å². The Kier molecular flexibility index (Phi) is 4.39. The smallest absolute Gasteiger partial charge is 0.266 e. The quantitative estimate of drug-likeness (QED) is 0.887. The van der Waals surface area contributed by atoms with Crippen molar-refractivity contribution in [2.75, 3.05) is 5.32 Å². The normalized spacial score (nSPS) is 19.1. The number of fused-ring (bicyclic) bond motifs is 1. The van der Waals surface area contributed by atoms with Gasteiger partial charge in [0.15, 0.2) is 0 Å². The van der Waals surface area contributed by atoms with E-state index in [1.807, 2.05) is 25.1 Å². The number of rotatable bonds is 3. The maximum absolute atomic E-state index is 12.7. The molecule has 2 unspecified atom stereocenters. The van der Waals surface area contributed by atoms with Crippen LogP contribution in [0.1, 0.15) is 53.6 Å². The van der Waals surface area contributed by atoms with Crippen molar-refractivity contribution in [3.05, 3.63) is 57.8 Å². The number of amides is 2. The van der Waals surface area contributed by atoms with Crippen molar-refractivity contribution in [2.24, 2.45) is 5.73 Å². The molecule has 0 radical (unpaired) electrons. The lowest BCUT2D eigenvalue weighted by Crippen LogP contribution is -2.40. The van der Waals surface area contributed by atoms with Crippen LogP contribution >= 0.6 is 0 Å². The van der Waals surface area contributed by atoms with Crippen LogP contribution in [-0.2, 0) is 4.79 Å². The van der Waals surface area contributed by atoms with Gasteiger partial charge in [0.2, 0.25) is 5.91 Å². The summed E-state index contributed by atoms with van der Waals surface area (Å²) in [4.78, 5) is 41.4. The summed E-state index contributed by atoms with van der Waals surface area (Å²) in [5.74, 6) is -1.18. The van der Waals surface area contributed by atoms with Gasteiger partial charge in [-0.15, -0.1) is 0 Å². The van der Waals surface area contributed by atoms with Crippen molar-refractivity contribution in [3.63, 3.8) is 0 Å². The summed E-state index contributed by atoms with van der Waals surface area (Å²) in [5.41, 5.74) is 5.68. The summed E-state index contributed by atoms with van der Waals surface area (Å²) in [6, 6.07) is 8.98. The first kappa shape index (κ1) is 16.9. The van der Waals surface area contributed by atoms with Crippen LogP contribution in [0, 0.1) is 6.92 Å². The zero-order valence-electron chi connectivity index (χ0n) is 14.2. The molecule has 0 fully saturated rings. The molecule has 2 heterocycles. The van der Waals surface area contributed by atoms with Gasteiger partial charge in [0, 0.05) is 11.7 Å². The number of nitrogens with one attached hydrogen (secondary N) is 1. The van der Waals surface area contributed by atoms with E-state index in [0.29, 0.717) is 24.4 Å². The van der Waals surface area contributed by atoms with Gasteiger partial charge >= 0.3 is 0 Å². The summed E-state index contributed by atoms with van der Waals surface area (Å²) >= 11 is 0. The zero-order valence-corrected chi connectivity index (χ0v) is 14.2. The lowest BCUT2D eigenvalue weighted by molar-refractivity contribution is -0.118. The fraction of sp³-hybridized carbons (Fsp3) is 0.333. The molecule has 0 saturated carbocycles. The van der Waals surface area contributed by atoms with Crippen molar-refractivity contribution < 1.29 is 9.59 Å². The minimum atomic E-state index is -0.798. The van der Waals surface area contributed by atoms with Crippen molar-refractivity contribution in [1.29, 1.82) is 0 Å². The molecule has 2 atom stereocenters. The Morgan fingerprint density at radius 1 is 1.24 bits per heavy atom. The highest BCUT2D eigenvalue weighted by Gasteiger charge is 2.34. The van der Waals surface area contributed by atoms with Gasteiger partial charge in [-0.2, -0.15) is 0 Å². The van der Waals surface area contributed by atoms with E-state index < -0.39 is 17.4 Å². The number of hydrogen-bond donors (Lipinski definition) is 2. The lowest BCUT2D eigenvalue weighted by atomic mass is 9.92. The number of aryl methyl sites for hydroxylation is 1. The fourth-order valence-corrected chi connectivity index (χ4v) is 3.28. The molecule has 1 aliphatic heterocycles. The monoisotopic (exact) mass is 340 g/mol. The average Bonchev–Trinajstić information content (AvgIpc) is 2.55. The average molecular weight is 340 g/mol. The van der Waals surface area contributed by atoms with Crippen LogP contribution in [0.5, 0.6) is 0 Å². The van der Waals surface area contributed by atoms with E-state index in [-0.39, 0.29) is 23.2 Å². The Morgan fingerprint density at radius 2 is 1.92 bits per heavy atom. The first-order chi connectivity index (χ1) is 11.9. The molecule has 2 aromatic rings. The van der Waals surface area contributed by atoms with Crippen LogP contribution in [0.15, 0.2) is 35.1 Å². The molecular formula is C18H20N4O3. The summed E-state index contributed by atoms with van der Waals surface area (Å²) < 4.78 is 1.44. The van der Waals surface area contributed by atoms with Gasteiger partial charge in [-0.25, -0.2) is 4.98 Å². The summed E-state index contributed by atoms with van der Waals surface area (Å²) in [6.07, 6.45) is 1.23. The number of nitrogens with zero attached hydrogens (tertiary/aromatic N) is 2. The molecule has 2 amide bonds. The Bertz CT molecular complexity index is 889. The van der Waals surface area contributed by atoms with E-state index in [4.69, 9.17) is 5.73 Å². The van der Waals surface area contributed by atoms with Gasteiger partial charge in [0.1, 0.15) is 11.4 Å². The predicted molar refractivity (Wildman–Crippen MR) is 93.5 cm³/mol. The molecule has 3 N–H and O–H groups in total. The van der Waals surface area contributed by atoms with Crippen LogP contribution in [0.4, 0.5) is 5.69 Å². The molecule has 0 spiro atoms. The standard InChI is InChI=1S/C18H20N4O3/c1-10-8-9-13(17(24)21-12-6-4-3-5-7-12)16-20-11(2)14(15(19)23)18(25)22(10)16/h3-7,10,13H,8-9H2,1-2H3,(H2,19,23)(H,21,24). The van der Waals surface area contributed by atoms with Gasteiger partial charge in [0.05, 0.1) is 11.6 Å². The van der Waals surface area contributed by atoms with E-state index >= 15 is 0 Å². The minimum absolute atomic E-state index is 0.111. The zero-order chi connectivity index (χ0) is 18.1. The van der Waals surface area contributed by atoms with Crippen LogP contribution in [-0.4, -0.2) is 21.4 Å². The summed E-state index contributed by atoms with van der Waals surface area (Å²) in [6.45, 7) is 3.44. The number of anilines is 1. The molecule has 3 rings (SSSR count). The second kappa shape index (κ2) is 6.51. The molecular weight excluding hydrogens is 320 g/mol. The van der Waals surface area contributed by atoms with Crippen LogP contribution in [0.25, 0.3) is 0 Å². The predicted octanol–water partition coefficient (Wildman–Crippen LogP) is 1.73. The number of carbonyl (C=O) groups excluding carboxylic acids is 2. The molecule has 7 nitrogen and oxygen atoms in total. The summed E-state index contributed by atoms with van der Waals surface area (Å²) in [7, 11) is 0. The van der Waals surface area contributed by atoms with E-state index in [1.165, 1.54) is 4.57 Å². The number of benzene rings is 1. The third-order valence-electron chi connectivity index (χ3n) is 4.55. The van der Waals surface area contributed by atoms with Crippen molar-refractivity contribution in [2.45, 2.75) is 38.6 Å². The van der Waals surface area contributed by atoms with E-state index in [2.05, 4.69) is 10.3 Å². The van der Waals surface area contributed by atoms with Crippen LogP contribution in [0.3, 0.4) is 0 Å². The van der Waals surface area contributed by atoms with Gasteiger partial charge in [-0.1, -0.05) is 18.2 Å². The number of carbonyl (C=O) groups is 2. The molecule has 1 aliphatic rings. The maximum atomic E-state index is 12.7. The van der Waals surface area contributed by atoms with Crippen LogP contribution < -0.4 is 16.6 Å². The van der Waals surface area contributed by atoms with Gasteiger partial charge in [0.25, 0.3) is 11.5 Å². The van der Waals surface area contributed by atoms with E-state index in [0.717, 1.165) is 0 Å². The Hall–Kier alpha value is -2.96. The third kappa shape index (κ3) is 3.05. The van der Waals surface area contributed by atoms with Gasteiger partial charge < -0.3 is 11.1 Å².